The van der Waals surface area contributed by atoms with Crippen LogP contribution in [0.2, 0.25) is 0 Å². The molecule has 0 heterocycles. The van der Waals surface area contributed by atoms with Gasteiger partial charge < -0.3 is 4.74 Å². The van der Waals surface area contributed by atoms with Crippen molar-refractivity contribution in [3.8, 4) is 5.75 Å². The molecule has 0 atom stereocenters. The van der Waals surface area contributed by atoms with Gasteiger partial charge in [0.2, 0.25) is 0 Å². The third kappa shape index (κ3) is 4.90. The van der Waals surface area contributed by atoms with Gasteiger partial charge in [0.25, 0.3) is 17.5 Å². The number of ether oxygens (including phenoxy) is 1. The summed E-state index contributed by atoms with van der Waals surface area (Å²) in [5.74, 6) is -0.617. The minimum Gasteiger partial charge on any atom is -0.490 e. The lowest BCUT2D eigenvalue weighted by Gasteiger charge is -2.08. The second-order valence-electron chi connectivity index (χ2n) is 4.84. The van der Waals surface area contributed by atoms with Crippen molar-refractivity contribution in [2.24, 2.45) is 0 Å². The van der Waals surface area contributed by atoms with Gasteiger partial charge in [0.15, 0.2) is 0 Å². The first-order valence-corrected chi connectivity index (χ1v) is 7.20. The Balaban J connectivity index is 1.95. The molecule has 8 heteroatoms. The van der Waals surface area contributed by atoms with Crippen LogP contribution in [0.25, 0.3) is 0 Å². The van der Waals surface area contributed by atoms with Crippen LogP contribution in [-0.4, -0.2) is 23.3 Å². The number of nitro benzene ring substituents is 1. The zero-order chi connectivity index (χ0) is 18.2. The molecule has 0 spiro atoms. The third-order valence-electron chi connectivity index (χ3n) is 3.09. The lowest BCUT2D eigenvalue weighted by atomic mass is 10.2. The fourth-order valence-corrected chi connectivity index (χ4v) is 1.88. The third-order valence-corrected chi connectivity index (χ3v) is 3.09. The van der Waals surface area contributed by atoms with Crippen LogP contribution in [-0.2, 0) is 0 Å². The Bertz CT molecular complexity index is 802. The van der Waals surface area contributed by atoms with Gasteiger partial charge in [-0.1, -0.05) is 18.7 Å². The van der Waals surface area contributed by atoms with Gasteiger partial charge in [0, 0.05) is 23.3 Å². The van der Waals surface area contributed by atoms with Crippen LogP contribution < -0.4 is 15.6 Å². The van der Waals surface area contributed by atoms with Crippen molar-refractivity contribution >= 4 is 17.5 Å². The van der Waals surface area contributed by atoms with Crippen LogP contribution in [0.15, 0.2) is 61.2 Å². The van der Waals surface area contributed by atoms with Crippen molar-refractivity contribution in [3.05, 3.63) is 82.4 Å². The predicted molar refractivity (Wildman–Crippen MR) is 90.2 cm³/mol. The van der Waals surface area contributed by atoms with E-state index in [1.165, 1.54) is 30.3 Å². The summed E-state index contributed by atoms with van der Waals surface area (Å²) >= 11 is 0. The van der Waals surface area contributed by atoms with E-state index >= 15 is 0 Å². The van der Waals surface area contributed by atoms with E-state index in [0.717, 1.165) is 6.07 Å². The molecular formula is C17H15N3O5. The maximum atomic E-state index is 12.0. The zero-order valence-corrected chi connectivity index (χ0v) is 13.1. The molecule has 0 aliphatic carbocycles. The molecule has 25 heavy (non-hydrogen) atoms. The summed E-state index contributed by atoms with van der Waals surface area (Å²) in [5, 5.41) is 10.7. The normalized spacial score (nSPS) is 9.76. The standard InChI is InChI=1S/C17H15N3O5/c1-2-10-25-15-8-6-12(7-9-15)16(21)18-19-17(22)13-4-3-5-14(11-13)20(23)24/h2-9,11H,1,10H2,(H,18,21)(H,19,22). The molecule has 2 rings (SSSR count). The molecule has 128 valence electrons. The largest absolute Gasteiger partial charge is 0.490 e. The topological polar surface area (TPSA) is 111 Å². The lowest BCUT2D eigenvalue weighted by Crippen LogP contribution is -2.41. The molecule has 2 N–H and O–H groups in total. The number of rotatable bonds is 6. The Labute approximate surface area is 143 Å². The molecule has 0 fully saturated rings. The number of nitrogens with one attached hydrogen (secondary N) is 2. The van der Waals surface area contributed by atoms with E-state index < -0.39 is 16.7 Å². The average Bonchev–Trinajstić information content (AvgIpc) is 2.64. The SMILES string of the molecule is C=CCOc1ccc(C(=O)NNC(=O)c2cccc([N+](=O)[O-])c2)cc1. The Hall–Kier alpha value is -3.68. The maximum Gasteiger partial charge on any atom is 0.270 e. The van der Waals surface area contributed by atoms with Crippen LogP contribution in [0.4, 0.5) is 5.69 Å². The fourth-order valence-electron chi connectivity index (χ4n) is 1.88. The van der Waals surface area contributed by atoms with Crippen LogP contribution >= 0.6 is 0 Å². The summed E-state index contributed by atoms with van der Waals surface area (Å²) in [7, 11) is 0. The van der Waals surface area contributed by atoms with Gasteiger partial charge >= 0.3 is 0 Å². The molecule has 2 amide bonds. The van der Waals surface area contributed by atoms with E-state index in [2.05, 4.69) is 17.4 Å². The first-order valence-electron chi connectivity index (χ1n) is 7.20. The number of carbonyl (C=O) groups excluding carboxylic acids is 2. The number of hydrazine groups is 1. The van der Waals surface area contributed by atoms with Crippen LogP contribution in [0.1, 0.15) is 20.7 Å². The van der Waals surface area contributed by atoms with Gasteiger partial charge in [-0.25, -0.2) is 0 Å². The summed E-state index contributed by atoms with van der Waals surface area (Å²) in [5.41, 5.74) is 4.60. The summed E-state index contributed by atoms with van der Waals surface area (Å²) in [6, 6.07) is 11.5. The van der Waals surface area contributed by atoms with Crippen molar-refractivity contribution in [1.29, 1.82) is 0 Å². The van der Waals surface area contributed by atoms with Crippen molar-refractivity contribution in [1.82, 2.24) is 10.9 Å². The summed E-state index contributed by atoms with van der Waals surface area (Å²) in [4.78, 5) is 34.0. The van der Waals surface area contributed by atoms with Gasteiger partial charge in [-0.15, -0.1) is 0 Å². The molecule has 2 aromatic rings. The van der Waals surface area contributed by atoms with E-state index in [9.17, 15) is 19.7 Å². The molecule has 0 radical (unpaired) electrons. The molecule has 8 nitrogen and oxygen atoms in total. The monoisotopic (exact) mass is 341 g/mol. The number of nitrogens with zero attached hydrogens (tertiary/aromatic N) is 1. The lowest BCUT2D eigenvalue weighted by molar-refractivity contribution is -0.384. The van der Waals surface area contributed by atoms with Gasteiger partial charge in [0.1, 0.15) is 12.4 Å². The highest BCUT2D eigenvalue weighted by molar-refractivity contribution is 5.99. The summed E-state index contributed by atoms with van der Waals surface area (Å²) < 4.78 is 5.30. The molecule has 2 aromatic carbocycles. The van der Waals surface area contributed by atoms with Crippen LogP contribution in [0, 0.1) is 10.1 Å². The molecular weight excluding hydrogens is 326 g/mol. The molecule has 0 aliphatic rings. The number of amides is 2. The molecule has 0 bridgehead atoms. The minimum absolute atomic E-state index is 0.0580. The Morgan fingerprint density at radius 2 is 1.72 bits per heavy atom. The molecule has 0 aromatic heterocycles. The second-order valence-corrected chi connectivity index (χ2v) is 4.84. The van der Waals surface area contributed by atoms with E-state index in [-0.39, 0.29) is 11.3 Å². The first-order chi connectivity index (χ1) is 12.0. The number of hydrogen-bond donors (Lipinski definition) is 2. The smallest absolute Gasteiger partial charge is 0.270 e. The van der Waals surface area contributed by atoms with Gasteiger partial charge in [-0.3, -0.25) is 30.6 Å². The molecule has 0 aliphatic heterocycles. The highest BCUT2D eigenvalue weighted by Gasteiger charge is 2.12. The number of nitro groups is 1. The molecule has 0 saturated heterocycles. The second kappa shape index (κ2) is 8.25. The maximum absolute atomic E-state index is 12.0. The van der Waals surface area contributed by atoms with E-state index in [0.29, 0.717) is 17.9 Å². The predicted octanol–water partition coefficient (Wildman–Crippen LogP) is 2.23. The summed E-state index contributed by atoms with van der Waals surface area (Å²) in [6.45, 7) is 3.89. The number of benzene rings is 2. The fraction of sp³-hybridized carbons (Fsp3) is 0.0588. The van der Waals surface area contributed by atoms with Crippen molar-refractivity contribution in [3.63, 3.8) is 0 Å². The van der Waals surface area contributed by atoms with Gasteiger partial charge in [-0.2, -0.15) is 0 Å². The van der Waals surface area contributed by atoms with E-state index in [1.807, 2.05) is 0 Å². The van der Waals surface area contributed by atoms with Crippen LogP contribution in [0.3, 0.4) is 0 Å². The number of hydrogen-bond acceptors (Lipinski definition) is 5. The number of carbonyl (C=O) groups is 2. The van der Waals surface area contributed by atoms with E-state index in [4.69, 9.17) is 4.74 Å². The zero-order valence-electron chi connectivity index (χ0n) is 13.1. The van der Waals surface area contributed by atoms with Crippen molar-refractivity contribution in [2.45, 2.75) is 0 Å². The number of non-ortho nitro benzene ring substituents is 1. The molecule has 0 unspecified atom stereocenters. The van der Waals surface area contributed by atoms with Gasteiger partial charge in [0.05, 0.1) is 4.92 Å². The quantitative estimate of drug-likeness (QED) is 0.475. The average molecular weight is 341 g/mol. The van der Waals surface area contributed by atoms with Gasteiger partial charge in [-0.05, 0) is 30.3 Å². The Morgan fingerprint density at radius 1 is 1.08 bits per heavy atom. The highest BCUT2D eigenvalue weighted by atomic mass is 16.6. The van der Waals surface area contributed by atoms with Crippen molar-refractivity contribution in [2.75, 3.05) is 6.61 Å². The van der Waals surface area contributed by atoms with Crippen molar-refractivity contribution < 1.29 is 19.2 Å². The molecule has 0 saturated carbocycles. The first kappa shape index (κ1) is 17.7. The van der Waals surface area contributed by atoms with Crippen LogP contribution in [0.5, 0.6) is 5.75 Å². The highest BCUT2D eigenvalue weighted by Crippen LogP contribution is 2.13. The Kier molecular flexibility index (Phi) is 5.83. The summed E-state index contributed by atoms with van der Waals surface area (Å²) in [6.07, 6.45) is 1.60. The minimum atomic E-state index is -0.664. The van der Waals surface area contributed by atoms with E-state index in [1.54, 1.807) is 18.2 Å². The Morgan fingerprint density at radius 3 is 2.32 bits per heavy atom.